The van der Waals surface area contributed by atoms with E-state index in [1.54, 1.807) is 24.3 Å². The number of fused-ring (bicyclic) bond motifs is 4. The quantitative estimate of drug-likeness (QED) is 0.756. The predicted octanol–water partition coefficient (Wildman–Crippen LogP) is 0.659. The lowest BCUT2D eigenvalue weighted by Crippen LogP contribution is -2.44. The summed E-state index contributed by atoms with van der Waals surface area (Å²) >= 11 is 0. The molecule has 1 aromatic carbocycles. The Morgan fingerprint density at radius 1 is 1.09 bits per heavy atom. The zero-order chi connectivity index (χ0) is 16.8. The molecule has 122 valence electrons. The van der Waals surface area contributed by atoms with E-state index in [0.717, 1.165) is 0 Å². The third-order valence-electron chi connectivity index (χ3n) is 4.45. The summed E-state index contributed by atoms with van der Waals surface area (Å²) in [6, 6.07) is 6.67. The van der Waals surface area contributed by atoms with Gasteiger partial charge in [-0.25, -0.2) is 0 Å². The molecule has 2 heterocycles. The molecule has 3 rings (SSSR count). The highest BCUT2D eigenvalue weighted by Gasteiger charge is 2.68. The van der Waals surface area contributed by atoms with E-state index in [-0.39, 0.29) is 5.78 Å². The molecule has 1 fully saturated rings. The van der Waals surface area contributed by atoms with Gasteiger partial charge < -0.3 is 18.9 Å². The molecule has 0 amide bonds. The van der Waals surface area contributed by atoms with Crippen molar-refractivity contribution in [1.82, 2.24) is 0 Å². The summed E-state index contributed by atoms with van der Waals surface area (Å²) < 4.78 is 20.9. The molecular weight excluding hydrogens is 304 g/mol. The van der Waals surface area contributed by atoms with E-state index in [9.17, 15) is 14.4 Å². The van der Waals surface area contributed by atoms with Gasteiger partial charge in [0.05, 0.1) is 14.2 Å². The molecule has 0 saturated carbocycles. The fraction of sp³-hybridized carbons (Fsp3) is 0.438. The molecule has 0 aliphatic carbocycles. The molecule has 1 aromatic rings. The number of hydrogen-bond acceptors (Lipinski definition) is 7. The van der Waals surface area contributed by atoms with Gasteiger partial charge >= 0.3 is 11.9 Å². The van der Waals surface area contributed by atoms with Crippen molar-refractivity contribution < 1.29 is 33.3 Å². The largest absolute Gasteiger partial charge is 0.469 e. The highest BCUT2D eigenvalue weighted by Crippen LogP contribution is 2.53. The summed E-state index contributed by atoms with van der Waals surface area (Å²) in [5, 5.41) is 0. The smallest absolute Gasteiger partial charge is 0.315 e. The van der Waals surface area contributed by atoms with E-state index in [2.05, 4.69) is 0 Å². The molecule has 4 atom stereocenters. The molecule has 7 nitrogen and oxygen atoms in total. The first-order valence-corrected chi connectivity index (χ1v) is 7.04. The molecule has 0 spiro atoms. The average Bonchev–Trinajstić information content (AvgIpc) is 2.92. The number of ether oxygens (including phenoxy) is 4. The van der Waals surface area contributed by atoms with Crippen molar-refractivity contribution in [2.24, 2.45) is 11.8 Å². The van der Waals surface area contributed by atoms with Crippen molar-refractivity contribution in [3.63, 3.8) is 0 Å². The third kappa shape index (κ3) is 1.93. The van der Waals surface area contributed by atoms with Gasteiger partial charge in [0.2, 0.25) is 5.79 Å². The molecular formula is C16H16O7. The van der Waals surface area contributed by atoms with Gasteiger partial charge in [-0.15, -0.1) is 0 Å². The van der Waals surface area contributed by atoms with Crippen LogP contribution in [0.15, 0.2) is 24.3 Å². The number of esters is 2. The van der Waals surface area contributed by atoms with Crippen LogP contribution in [0.1, 0.15) is 15.9 Å². The lowest BCUT2D eigenvalue weighted by Gasteiger charge is -2.35. The summed E-state index contributed by atoms with van der Waals surface area (Å²) in [7, 11) is 3.76. The number of ketones is 1. The van der Waals surface area contributed by atoms with Crippen LogP contribution >= 0.6 is 0 Å². The summed E-state index contributed by atoms with van der Waals surface area (Å²) in [4.78, 5) is 37.3. The van der Waals surface area contributed by atoms with Crippen LogP contribution in [0.5, 0.6) is 0 Å². The number of methoxy groups -OCH3 is 3. The molecule has 2 aliphatic rings. The zero-order valence-electron chi connectivity index (χ0n) is 12.9. The topological polar surface area (TPSA) is 88.1 Å². The molecule has 7 heteroatoms. The van der Waals surface area contributed by atoms with Gasteiger partial charge in [-0.2, -0.15) is 0 Å². The van der Waals surface area contributed by atoms with Crippen LogP contribution in [0.3, 0.4) is 0 Å². The van der Waals surface area contributed by atoms with Crippen LogP contribution in [0.25, 0.3) is 0 Å². The maximum Gasteiger partial charge on any atom is 0.315 e. The fourth-order valence-corrected chi connectivity index (χ4v) is 3.46. The van der Waals surface area contributed by atoms with Gasteiger partial charge in [0, 0.05) is 18.2 Å². The van der Waals surface area contributed by atoms with Crippen molar-refractivity contribution in [2.45, 2.75) is 11.9 Å². The minimum atomic E-state index is -1.55. The molecule has 23 heavy (non-hydrogen) atoms. The number of carbonyl (C=O) groups excluding carboxylic acids is 3. The molecule has 0 unspecified atom stereocenters. The Morgan fingerprint density at radius 2 is 1.74 bits per heavy atom. The molecule has 2 aliphatic heterocycles. The van der Waals surface area contributed by atoms with E-state index in [4.69, 9.17) is 18.9 Å². The predicted molar refractivity (Wildman–Crippen MR) is 75.3 cm³/mol. The van der Waals surface area contributed by atoms with Crippen molar-refractivity contribution >= 4 is 17.7 Å². The van der Waals surface area contributed by atoms with Crippen LogP contribution in [0.4, 0.5) is 0 Å². The van der Waals surface area contributed by atoms with Crippen molar-refractivity contribution in [1.29, 1.82) is 0 Å². The number of carbonyl (C=O) groups is 3. The highest BCUT2D eigenvalue weighted by molar-refractivity contribution is 6.06. The number of rotatable bonds is 3. The van der Waals surface area contributed by atoms with Gasteiger partial charge in [-0.05, 0) is 0 Å². The molecule has 0 aromatic heterocycles. The zero-order valence-corrected chi connectivity index (χ0v) is 12.9. The van der Waals surface area contributed by atoms with E-state index >= 15 is 0 Å². The Morgan fingerprint density at radius 3 is 2.35 bits per heavy atom. The highest BCUT2D eigenvalue weighted by atomic mass is 16.7. The molecule has 1 saturated heterocycles. The monoisotopic (exact) mass is 320 g/mol. The van der Waals surface area contributed by atoms with E-state index in [1.807, 2.05) is 0 Å². The Hall–Kier alpha value is -2.25. The summed E-state index contributed by atoms with van der Waals surface area (Å²) in [5.41, 5.74) is 0.774. The maximum absolute atomic E-state index is 12.7. The Bertz CT molecular complexity index is 683. The third-order valence-corrected chi connectivity index (χ3v) is 4.45. The lowest BCUT2D eigenvalue weighted by molar-refractivity contribution is -0.240. The standard InChI is InChI=1S/C16H16O7/c1-20-14(18)10-11(15(19)21-2)16(22-3)9-7-5-4-6-8(9)12(17)13(10)23-16/h4-7,10-11,13H,1-3H3/t10-,11+,13+,16+/m0/s1. The van der Waals surface area contributed by atoms with E-state index in [0.29, 0.717) is 11.1 Å². The summed E-state index contributed by atoms with van der Waals surface area (Å²) in [6.45, 7) is 0. The van der Waals surface area contributed by atoms with Crippen LogP contribution < -0.4 is 0 Å². The molecule has 0 radical (unpaired) electrons. The van der Waals surface area contributed by atoms with Gasteiger partial charge in [0.15, 0.2) is 5.78 Å². The first-order chi connectivity index (χ1) is 11.0. The minimum absolute atomic E-state index is 0.367. The van der Waals surface area contributed by atoms with Crippen molar-refractivity contribution in [3.05, 3.63) is 35.4 Å². The first kappa shape index (κ1) is 15.6. The molecule has 2 bridgehead atoms. The lowest BCUT2D eigenvalue weighted by atomic mass is 9.84. The van der Waals surface area contributed by atoms with Crippen molar-refractivity contribution in [2.75, 3.05) is 21.3 Å². The second kappa shape index (κ2) is 5.43. The number of Topliss-reactive ketones (excluding diaryl/α,β-unsaturated/α-hetero) is 1. The van der Waals surface area contributed by atoms with Gasteiger partial charge in [-0.1, -0.05) is 24.3 Å². The van der Waals surface area contributed by atoms with Crippen LogP contribution in [0, 0.1) is 11.8 Å². The van der Waals surface area contributed by atoms with E-state index < -0.39 is 35.7 Å². The summed E-state index contributed by atoms with van der Waals surface area (Å²) in [6.07, 6.45) is -1.15. The number of benzene rings is 1. The second-order valence-corrected chi connectivity index (χ2v) is 5.37. The van der Waals surface area contributed by atoms with Crippen LogP contribution in [-0.2, 0) is 34.3 Å². The Balaban J connectivity index is 2.26. The van der Waals surface area contributed by atoms with Crippen LogP contribution in [0.2, 0.25) is 0 Å². The van der Waals surface area contributed by atoms with Gasteiger partial charge in [0.1, 0.15) is 17.9 Å². The normalized spacial score (nSPS) is 31.4. The summed E-state index contributed by atoms with van der Waals surface area (Å²) in [5.74, 6) is -5.62. The van der Waals surface area contributed by atoms with E-state index in [1.165, 1.54) is 21.3 Å². The van der Waals surface area contributed by atoms with Gasteiger partial charge in [-0.3, -0.25) is 14.4 Å². The van der Waals surface area contributed by atoms with Crippen LogP contribution in [-0.4, -0.2) is 45.2 Å². The second-order valence-electron chi connectivity index (χ2n) is 5.37. The average molecular weight is 320 g/mol. The first-order valence-electron chi connectivity index (χ1n) is 7.04. The van der Waals surface area contributed by atoms with Crippen molar-refractivity contribution in [3.8, 4) is 0 Å². The minimum Gasteiger partial charge on any atom is -0.469 e. The SMILES string of the molecule is COC(=O)[C@@H]1[C@H]2O[C@](OC)(c3ccccc3C2=O)[C@H]1C(=O)OC. The number of hydrogen-bond donors (Lipinski definition) is 0. The molecule has 0 N–H and O–H groups in total. The van der Waals surface area contributed by atoms with Gasteiger partial charge in [0.25, 0.3) is 0 Å². The Labute approximate surface area is 132 Å². The maximum atomic E-state index is 12.7. The fourth-order valence-electron chi connectivity index (χ4n) is 3.46. The Kier molecular flexibility index (Phi) is 3.69.